The van der Waals surface area contributed by atoms with Crippen molar-refractivity contribution in [2.24, 2.45) is 4.99 Å². The van der Waals surface area contributed by atoms with E-state index >= 15 is 0 Å². The van der Waals surface area contributed by atoms with Crippen molar-refractivity contribution < 1.29 is 9.15 Å². The van der Waals surface area contributed by atoms with Gasteiger partial charge in [-0.2, -0.15) is 11.8 Å². The lowest BCUT2D eigenvalue weighted by molar-refractivity contribution is 0.104. The average molecular weight is 453 g/mol. The number of aliphatic imine (C=N–C) groups is 1. The smallest absolute Gasteiger partial charge is 0.193 e. The highest BCUT2D eigenvalue weighted by Gasteiger charge is 2.21. The van der Waals surface area contributed by atoms with Gasteiger partial charge < -0.3 is 19.4 Å². The van der Waals surface area contributed by atoms with E-state index in [4.69, 9.17) is 9.15 Å². The second-order valence-electron chi connectivity index (χ2n) is 5.31. The number of nitrogens with one attached hydrogen (secondary N) is 1. The van der Waals surface area contributed by atoms with Crippen LogP contribution in [0.25, 0.3) is 0 Å². The number of furan rings is 1. The van der Waals surface area contributed by atoms with Crippen LogP contribution >= 0.6 is 35.7 Å². The molecular weight excluding hydrogens is 425 g/mol. The van der Waals surface area contributed by atoms with Crippen molar-refractivity contribution in [1.82, 2.24) is 10.2 Å². The first kappa shape index (κ1) is 20.6. The maximum absolute atomic E-state index is 5.58. The van der Waals surface area contributed by atoms with Gasteiger partial charge in [0.2, 0.25) is 0 Å². The number of ether oxygens (including phenoxy) is 1. The summed E-state index contributed by atoms with van der Waals surface area (Å²) < 4.78 is 10.8. The predicted molar refractivity (Wildman–Crippen MR) is 108 cm³/mol. The van der Waals surface area contributed by atoms with Gasteiger partial charge in [-0.1, -0.05) is 6.92 Å². The van der Waals surface area contributed by atoms with Crippen molar-refractivity contribution in [1.29, 1.82) is 0 Å². The van der Waals surface area contributed by atoms with Crippen LogP contribution in [0.2, 0.25) is 0 Å². The van der Waals surface area contributed by atoms with Gasteiger partial charge in [-0.25, -0.2) is 0 Å². The molecule has 2 rings (SSSR count). The molecule has 1 aliphatic rings. The van der Waals surface area contributed by atoms with Gasteiger partial charge in [0.15, 0.2) is 5.96 Å². The lowest BCUT2D eigenvalue weighted by Crippen LogP contribution is -2.48. The Bertz CT molecular complexity index is 443. The summed E-state index contributed by atoms with van der Waals surface area (Å²) in [5.74, 6) is 3.08. The third-order valence-electron chi connectivity index (χ3n) is 3.68. The highest BCUT2D eigenvalue weighted by molar-refractivity contribution is 14.0. The number of hydrogen-bond donors (Lipinski definition) is 1. The fraction of sp³-hybridized carbons (Fsp3) is 0.688. The van der Waals surface area contributed by atoms with E-state index in [1.807, 2.05) is 19.2 Å². The summed E-state index contributed by atoms with van der Waals surface area (Å²) in [6, 6.07) is 3.81. The van der Waals surface area contributed by atoms with Gasteiger partial charge in [0, 0.05) is 44.3 Å². The lowest BCUT2D eigenvalue weighted by atomic mass is 10.3. The van der Waals surface area contributed by atoms with Crippen LogP contribution in [-0.2, 0) is 11.3 Å². The van der Waals surface area contributed by atoms with E-state index < -0.39 is 0 Å². The molecule has 1 atom stereocenters. The first-order valence-electron chi connectivity index (χ1n) is 8.00. The Morgan fingerprint density at radius 1 is 1.57 bits per heavy atom. The van der Waals surface area contributed by atoms with Crippen molar-refractivity contribution in [3.8, 4) is 0 Å². The third-order valence-corrected chi connectivity index (χ3v) is 5.05. The van der Waals surface area contributed by atoms with Gasteiger partial charge in [0.05, 0.1) is 6.26 Å². The Morgan fingerprint density at radius 3 is 3.13 bits per heavy atom. The van der Waals surface area contributed by atoms with Crippen LogP contribution in [-0.4, -0.2) is 55.2 Å². The Morgan fingerprint density at radius 2 is 2.43 bits per heavy atom. The summed E-state index contributed by atoms with van der Waals surface area (Å²) in [5.41, 5.74) is 0. The van der Waals surface area contributed by atoms with Crippen molar-refractivity contribution in [2.45, 2.75) is 31.6 Å². The second-order valence-corrected chi connectivity index (χ2v) is 6.71. The molecule has 132 valence electrons. The first-order chi connectivity index (χ1) is 10.8. The molecular formula is C16H28IN3O2S. The molecule has 2 heterocycles. The number of thioether (sulfide) groups is 1. The number of hydrogen-bond acceptors (Lipinski definition) is 4. The van der Waals surface area contributed by atoms with Gasteiger partial charge in [0.25, 0.3) is 0 Å². The van der Waals surface area contributed by atoms with Gasteiger partial charge in [-0.3, -0.25) is 4.99 Å². The largest absolute Gasteiger partial charge is 0.467 e. The van der Waals surface area contributed by atoms with E-state index in [-0.39, 0.29) is 24.0 Å². The zero-order valence-corrected chi connectivity index (χ0v) is 17.1. The Kier molecular flexibility index (Phi) is 10.8. The maximum atomic E-state index is 5.58. The average Bonchev–Trinajstić information content (AvgIpc) is 3.07. The third kappa shape index (κ3) is 7.34. The molecule has 0 spiro atoms. The highest BCUT2D eigenvalue weighted by Crippen LogP contribution is 2.20. The zero-order chi connectivity index (χ0) is 15.6. The van der Waals surface area contributed by atoms with E-state index in [2.05, 4.69) is 33.9 Å². The molecule has 0 saturated carbocycles. The highest BCUT2D eigenvalue weighted by atomic mass is 127. The quantitative estimate of drug-likeness (QED) is 0.298. The normalized spacial score (nSPS) is 18.6. The van der Waals surface area contributed by atoms with E-state index in [0.717, 1.165) is 49.6 Å². The fourth-order valence-electron chi connectivity index (χ4n) is 2.43. The van der Waals surface area contributed by atoms with Crippen LogP contribution in [0.15, 0.2) is 27.8 Å². The molecule has 1 aliphatic heterocycles. The fourth-order valence-corrected chi connectivity index (χ4v) is 3.61. The SMILES string of the molecule is CCC1CN(C(=NC)NCCCOCc2ccco2)CCS1.I. The molecule has 0 aliphatic carbocycles. The lowest BCUT2D eigenvalue weighted by Gasteiger charge is -2.34. The number of nitrogens with zero attached hydrogens (tertiary/aromatic N) is 2. The second kappa shape index (κ2) is 12.0. The van der Waals surface area contributed by atoms with Gasteiger partial charge >= 0.3 is 0 Å². The molecule has 0 bridgehead atoms. The van der Waals surface area contributed by atoms with Gasteiger partial charge in [0.1, 0.15) is 12.4 Å². The van der Waals surface area contributed by atoms with Crippen LogP contribution in [0.3, 0.4) is 0 Å². The molecule has 0 aromatic carbocycles. The number of guanidine groups is 1. The van der Waals surface area contributed by atoms with Gasteiger partial charge in [-0.05, 0) is 25.0 Å². The summed E-state index contributed by atoms with van der Waals surface area (Å²) in [5, 5.41) is 4.17. The first-order valence-corrected chi connectivity index (χ1v) is 9.05. The van der Waals surface area contributed by atoms with Crippen LogP contribution in [0, 0.1) is 0 Å². The minimum atomic E-state index is 0. The van der Waals surface area contributed by atoms with Gasteiger partial charge in [-0.15, -0.1) is 24.0 Å². The van der Waals surface area contributed by atoms with E-state index in [9.17, 15) is 0 Å². The van der Waals surface area contributed by atoms with Crippen LogP contribution < -0.4 is 5.32 Å². The Hall–Kier alpha value is -0.410. The summed E-state index contributed by atoms with van der Waals surface area (Å²) in [7, 11) is 1.86. The molecule has 1 N–H and O–H groups in total. The molecule has 23 heavy (non-hydrogen) atoms. The van der Waals surface area contributed by atoms with Crippen molar-refractivity contribution >= 4 is 41.7 Å². The minimum absolute atomic E-state index is 0. The van der Waals surface area contributed by atoms with Crippen LogP contribution in [0.4, 0.5) is 0 Å². The number of rotatable bonds is 7. The summed E-state index contributed by atoms with van der Waals surface area (Å²) in [4.78, 5) is 6.77. The van der Waals surface area contributed by atoms with Crippen molar-refractivity contribution in [2.75, 3.05) is 39.0 Å². The molecule has 5 nitrogen and oxygen atoms in total. The van der Waals surface area contributed by atoms with E-state index in [1.54, 1.807) is 6.26 Å². The van der Waals surface area contributed by atoms with Crippen molar-refractivity contribution in [3.05, 3.63) is 24.2 Å². The molecule has 1 aromatic rings. The Labute approximate surface area is 160 Å². The molecule has 0 radical (unpaired) electrons. The minimum Gasteiger partial charge on any atom is -0.467 e. The monoisotopic (exact) mass is 453 g/mol. The molecule has 1 aromatic heterocycles. The molecule has 1 unspecified atom stereocenters. The van der Waals surface area contributed by atoms with Crippen LogP contribution in [0.5, 0.6) is 0 Å². The standard InChI is InChI=1S/C16H27N3O2S.HI/c1-3-15-12-19(8-11-22-15)16(17-2)18-7-5-9-20-13-14-6-4-10-21-14;/h4,6,10,15H,3,5,7-9,11-13H2,1-2H3,(H,17,18);1H. The molecule has 7 heteroatoms. The maximum Gasteiger partial charge on any atom is 0.193 e. The predicted octanol–water partition coefficient (Wildman–Crippen LogP) is 3.21. The summed E-state index contributed by atoms with van der Waals surface area (Å²) in [6.45, 7) is 6.58. The number of halogens is 1. The topological polar surface area (TPSA) is 50.0 Å². The van der Waals surface area contributed by atoms with E-state index in [1.165, 1.54) is 12.2 Å². The molecule has 1 saturated heterocycles. The molecule has 0 amide bonds. The molecule has 1 fully saturated rings. The zero-order valence-electron chi connectivity index (χ0n) is 14.0. The Balaban J connectivity index is 0.00000264. The van der Waals surface area contributed by atoms with E-state index in [0.29, 0.717) is 6.61 Å². The summed E-state index contributed by atoms with van der Waals surface area (Å²) >= 11 is 2.08. The van der Waals surface area contributed by atoms with Crippen LogP contribution in [0.1, 0.15) is 25.5 Å². The van der Waals surface area contributed by atoms with Crippen molar-refractivity contribution in [3.63, 3.8) is 0 Å². The summed E-state index contributed by atoms with van der Waals surface area (Å²) in [6.07, 6.45) is 3.85.